The summed E-state index contributed by atoms with van der Waals surface area (Å²) in [4.78, 5) is 0. The summed E-state index contributed by atoms with van der Waals surface area (Å²) in [6.07, 6.45) is 50.6. The molecule has 2 heteroatoms. The summed E-state index contributed by atoms with van der Waals surface area (Å²) in [5.41, 5.74) is 0. The third-order valence-corrected chi connectivity index (χ3v) is 6.29. The van der Waals surface area contributed by atoms with Gasteiger partial charge in [-0.2, -0.15) is 0 Å². The van der Waals surface area contributed by atoms with Crippen LogP contribution in [0, 0.1) is 24.7 Å². The van der Waals surface area contributed by atoms with Gasteiger partial charge in [0.1, 0.15) is 12.2 Å². The predicted octanol–water partition coefficient (Wildman–Crippen LogP) is 9.00. The Morgan fingerprint density at radius 1 is 0.389 bits per heavy atom. The first-order valence-corrected chi connectivity index (χ1v) is 14.6. The van der Waals surface area contributed by atoms with Crippen molar-refractivity contribution in [2.75, 3.05) is 0 Å². The summed E-state index contributed by atoms with van der Waals surface area (Å²) in [5, 5.41) is 18.4. The molecule has 0 bridgehead atoms. The quantitative estimate of drug-likeness (QED) is 0.0755. The summed E-state index contributed by atoms with van der Waals surface area (Å²) in [6, 6.07) is 0. The molecule has 0 aliphatic carbocycles. The Morgan fingerprint density at radius 2 is 0.611 bits per heavy atom. The minimum absolute atomic E-state index is 0.722. The number of hydrogen-bond acceptors (Lipinski definition) is 2. The number of allylic oxidation sites excluding steroid dienone is 6. The topological polar surface area (TPSA) is 40.5 Å². The largest absolute Gasteiger partial charge is 0.377 e. The van der Waals surface area contributed by atoms with Crippen molar-refractivity contribution in [2.45, 2.75) is 141 Å². The molecule has 0 aromatic rings. The van der Waals surface area contributed by atoms with E-state index in [-0.39, 0.29) is 0 Å². The van der Waals surface area contributed by atoms with E-state index in [1.807, 2.05) is 12.2 Å². The van der Waals surface area contributed by atoms with Gasteiger partial charge in [-0.15, -0.1) is 12.8 Å². The molecule has 0 heterocycles. The summed E-state index contributed by atoms with van der Waals surface area (Å²) < 4.78 is 0. The average molecular weight is 495 g/mol. The molecule has 0 radical (unpaired) electrons. The van der Waals surface area contributed by atoms with Gasteiger partial charge in [-0.1, -0.05) is 99.7 Å². The molecule has 0 aliphatic rings. The number of aliphatic hydroxyl groups excluding tert-OH is 2. The molecule has 0 aliphatic heterocycles. The molecule has 36 heavy (non-hydrogen) atoms. The van der Waals surface area contributed by atoms with E-state index in [2.05, 4.69) is 36.1 Å². The smallest absolute Gasteiger partial charge is 0.133 e. The van der Waals surface area contributed by atoms with Crippen LogP contribution in [0.2, 0.25) is 0 Å². The van der Waals surface area contributed by atoms with E-state index in [1.165, 1.54) is 116 Å². The molecule has 0 amide bonds. The second kappa shape index (κ2) is 29.2. The molecular formula is C34H54O2. The minimum atomic E-state index is -0.724. The van der Waals surface area contributed by atoms with Gasteiger partial charge in [0, 0.05) is 0 Å². The van der Waals surface area contributed by atoms with Crippen molar-refractivity contribution in [3.63, 3.8) is 0 Å². The van der Waals surface area contributed by atoms with Crippen LogP contribution in [0.5, 0.6) is 0 Å². The second-order valence-electron chi connectivity index (χ2n) is 9.70. The lowest BCUT2D eigenvalue weighted by Gasteiger charge is -2.00. The average Bonchev–Trinajstić information content (AvgIpc) is 2.89. The highest BCUT2D eigenvalue weighted by atomic mass is 16.3. The maximum Gasteiger partial charge on any atom is 0.133 e. The van der Waals surface area contributed by atoms with Gasteiger partial charge in [0.15, 0.2) is 0 Å². The normalized spacial score (nSPS) is 13.7. The molecule has 2 atom stereocenters. The van der Waals surface area contributed by atoms with E-state index in [1.54, 1.807) is 12.2 Å². The number of aliphatic hydroxyl groups is 2. The first-order chi connectivity index (χ1) is 17.7. The van der Waals surface area contributed by atoms with Crippen molar-refractivity contribution in [3.05, 3.63) is 48.6 Å². The molecule has 2 N–H and O–H groups in total. The van der Waals surface area contributed by atoms with Crippen molar-refractivity contribution >= 4 is 0 Å². The summed E-state index contributed by atoms with van der Waals surface area (Å²) in [6.45, 7) is 0. The fraction of sp³-hybridized carbons (Fsp3) is 0.647. The highest BCUT2D eigenvalue weighted by molar-refractivity contribution is 5.06. The van der Waals surface area contributed by atoms with E-state index >= 15 is 0 Å². The van der Waals surface area contributed by atoms with Crippen LogP contribution in [0.4, 0.5) is 0 Å². The van der Waals surface area contributed by atoms with Crippen molar-refractivity contribution in [1.82, 2.24) is 0 Å². The third-order valence-electron chi connectivity index (χ3n) is 6.29. The van der Waals surface area contributed by atoms with Gasteiger partial charge < -0.3 is 10.2 Å². The van der Waals surface area contributed by atoms with E-state index < -0.39 is 12.2 Å². The first kappa shape index (κ1) is 34.0. The van der Waals surface area contributed by atoms with E-state index in [9.17, 15) is 10.2 Å². The van der Waals surface area contributed by atoms with Gasteiger partial charge in [0.25, 0.3) is 0 Å². The summed E-state index contributed by atoms with van der Waals surface area (Å²) in [7, 11) is 0. The lowest BCUT2D eigenvalue weighted by atomic mass is 10.1. The summed E-state index contributed by atoms with van der Waals surface area (Å²) in [5.74, 6) is 4.58. The van der Waals surface area contributed by atoms with Crippen molar-refractivity contribution in [1.29, 1.82) is 0 Å². The van der Waals surface area contributed by atoms with Gasteiger partial charge in [0.2, 0.25) is 0 Å². The van der Waals surface area contributed by atoms with E-state index in [4.69, 9.17) is 12.8 Å². The minimum Gasteiger partial charge on any atom is -0.377 e. The van der Waals surface area contributed by atoms with Crippen LogP contribution in [0.25, 0.3) is 0 Å². The fourth-order valence-corrected chi connectivity index (χ4v) is 4.02. The zero-order valence-electron chi connectivity index (χ0n) is 23.0. The fourth-order valence-electron chi connectivity index (χ4n) is 4.02. The molecule has 202 valence electrons. The standard InChI is InChI=1S/C34H54O2/c1-3-33(35)31-29-27-25-23-21-19-17-15-13-11-9-7-5-6-8-10-12-14-16-18-20-22-24-26-28-30-32-34(36)4-2/h1-2,7,9,12,14,29-36H,5-6,8,10-11,13,15-28H2. The number of hydrogen-bond donors (Lipinski definition) is 2. The summed E-state index contributed by atoms with van der Waals surface area (Å²) >= 11 is 0. The van der Waals surface area contributed by atoms with Crippen LogP contribution in [0.3, 0.4) is 0 Å². The SMILES string of the molecule is C#CC(O)C=CCCCCCCCC=CCCCCC=CCCCCCCCCCC=CC(O)C#C. The van der Waals surface area contributed by atoms with Crippen LogP contribution >= 0.6 is 0 Å². The number of rotatable bonds is 25. The highest BCUT2D eigenvalue weighted by Gasteiger charge is 1.93. The van der Waals surface area contributed by atoms with Gasteiger partial charge in [-0.3, -0.25) is 0 Å². The molecule has 0 aromatic heterocycles. The van der Waals surface area contributed by atoms with Gasteiger partial charge >= 0.3 is 0 Å². The molecule has 0 aromatic carbocycles. The van der Waals surface area contributed by atoms with Gasteiger partial charge in [-0.25, -0.2) is 0 Å². The molecule has 0 saturated heterocycles. The van der Waals surface area contributed by atoms with E-state index in [0.29, 0.717) is 0 Å². The molecule has 0 fully saturated rings. The molecule has 0 saturated carbocycles. The lowest BCUT2D eigenvalue weighted by molar-refractivity contribution is 0.280. The van der Waals surface area contributed by atoms with Gasteiger partial charge in [-0.05, 0) is 89.2 Å². The Labute approximate surface area is 224 Å². The maximum absolute atomic E-state index is 9.23. The molecule has 2 nitrogen and oxygen atoms in total. The number of unbranched alkanes of at least 4 members (excludes halogenated alkanes) is 17. The second-order valence-corrected chi connectivity index (χ2v) is 9.70. The van der Waals surface area contributed by atoms with Gasteiger partial charge in [0.05, 0.1) is 0 Å². The highest BCUT2D eigenvalue weighted by Crippen LogP contribution is 2.11. The molecule has 0 spiro atoms. The van der Waals surface area contributed by atoms with Crippen LogP contribution in [-0.4, -0.2) is 22.4 Å². The number of terminal acetylenes is 2. The Bertz CT molecular complexity index is 656. The predicted molar refractivity (Wildman–Crippen MR) is 159 cm³/mol. The van der Waals surface area contributed by atoms with Crippen LogP contribution < -0.4 is 0 Å². The monoisotopic (exact) mass is 494 g/mol. The molecular weight excluding hydrogens is 440 g/mol. The zero-order valence-corrected chi connectivity index (χ0v) is 23.0. The van der Waals surface area contributed by atoms with Crippen molar-refractivity contribution in [3.8, 4) is 24.7 Å². The zero-order chi connectivity index (χ0) is 26.4. The Balaban J connectivity index is 3.26. The lowest BCUT2D eigenvalue weighted by Crippen LogP contribution is -1.95. The van der Waals surface area contributed by atoms with Crippen molar-refractivity contribution < 1.29 is 10.2 Å². The molecule has 0 rings (SSSR count). The van der Waals surface area contributed by atoms with Crippen LogP contribution in [0.15, 0.2) is 48.6 Å². The Hall–Kier alpha value is -2.00. The first-order valence-electron chi connectivity index (χ1n) is 14.6. The Kier molecular flexibility index (Phi) is 27.6. The third kappa shape index (κ3) is 28.2. The Morgan fingerprint density at radius 3 is 0.889 bits per heavy atom. The van der Waals surface area contributed by atoms with Crippen molar-refractivity contribution in [2.24, 2.45) is 0 Å². The van der Waals surface area contributed by atoms with Crippen LogP contribution in [0.1, 0.15) is 128 Å². The maximum atomic E-state index is 9.23. The van der Waals surface area contributed by atoms with Crippen LogP contribution in [-0.2, 0) is 0 Å². The van der Waals surface area contributed by atoms with E-state index in [0.717, 1.165) is 12.8 Å². The molecule has 2 unspecified atom stereocenters.